The molecule has 28 heavy (non-hydrogen) atoms. The highest BCUT2D eigenvalue weighted by atomic mass is 32.2. The normalized spacial score (nSPS) is 18.7. The van der Waals surface area contributed by atoms with Crippen LogP contribution in [-0.4, -0.2) is 31.4 Å². The molecule has 1 aromatic heterocycles. The number of rotatable bonds is 5. The number of hydrogen-bond acceptors (Lipinski definition) is 3. The molecule has 3 aromatic rings. The molecule has 0 amide bonds. The molecule has 0 bridgehead atoms. The second-order valence-corrected chi connectivity index (χ2v) is 9.61. The Kier molecular flexibility index (Phi) is 4.12. The van der Waals surface area contributed by atoms with Crippen LogP contribution in [0.25, 0.3) is 22.2 Å². The lowest BCUT2D eigenvalue weighted by Crippen LogP contribution is -2.24. The summed E-state index contributed by atoms with van der Waals surface area (Å²) >= 11 is 0. The van der Waals surface area contributed by atoms with Crippen molar-refractivity contribution in [1.82, 2.24) is 4.57 Å². The van der Waals surface area contributed by atoms with E-state index in [2.05, 4.69) is 29.7 Å². The highest BCUT2D eigenvalue weighted by molar-refractivity contribution is 7.93. The van der Waals surface area contributed by atoms with Crippen molar-refractivity contribution in [2.45, 2.75) is 38.8 Å². The van der Waals surface area contributed by atoms with Crippen LogP contribution in [0.1, 0.15) is 26.2 Å². The molecule has 1 saturated carbocycles. The Morgan fingerprint density at radius 3 is 2.50 bits per heavy atom. The van der Waals surface area contributed by atoms with E-state index in [0.717, 1.165) is 42.1 Å². The fourth-order valence-corrected chi connectivity index (χ4v) is 5.56. The van der Waals surface area contributed by atoms with Gasteiger partial charge < -0.3 is 9.30 Å². The van der Waals surface area contributed by atoms with Crippen LogP contribution in [0.3, 0.4) is 0 Å². The maximum absolute atomic E-state index is 12.2. The Morgan fingerprint density at radius 2 is 1.86 bits per heavy atom. The zero-order valence-corrected chi connectivity index (χ0v) is 16.8. The lowest BCUT2D eigenvalue weighted by atomic mass is 10.1. The van der Waals surface area contributed by atoms with Crippen LogP contribution in [0, 0.1) is 0 Å². The Bertz CT molecular complexity index is 1130. The van der Waals surface area contributed by atoms with Crippen molar-refractivity contribution in [3.63, 3.8) is 0 Å². The van der Waals surface area contributed by atoms with Gasteiger partial charge in [-0.15, -0.1) is 0 Å². The minimum Gasteiger partial charge on any atom is -0.490 e. The molecule has 2 aliphatic rings. The van der Waals surface area contributed by atoms with Gasteiger partial charge >= 0.3 is 0 Å². The zero-order valence-electron chi connectivity index (χ0n) is 16.0. The number of benzene rings is 2. The predicted molar refractivity (Wildman–Crippen MR) is 112 cm³/mol. The van der Waals surface area contributed by atoms with Gasteiger partial charge in [0.15, 0.2) is 0 Å². The van der Waals surface area contributed by atoms with Crippen LogP contribution in [0.4, 0.5) is 5.69 Å². The third-order valence-corrected chi connectivity index (χ3v) is 7.44. The summed E-state index contributed by atoms with van der Waals surface area (Å²) in [5, 5.41) is 1.19. The number of sulfonamides is 1. The molecule has 2 aromatic carbocycles. The Hall–Kier alpha value is -2.47. The van der Waals surface area contributed by atoms with Crippen LogP contribution in [0.2, 0.25) is 0 Å². The summed E-state index contributed by atoms with van der Waals surface area (Å²) in [6, 6.07) is 16.4. The van der Waals surface area contributed by atoms with E-state index in [1.165, 1.54) is 15.2 Å². The van der Waals surface area contributed by atoms with E-state index in [1.807, 2.05) is 30.3 Å². The molecule has 0 unspecified atom stereocenters. The Labute approximate surface area is 165 Å². The van der Waals surface area contributed by atoms with Crippen molar-refractivity contribution in [3.8, 4) is 17.0 Å². The molecule has 1 saturated heterocycles. The average Bonchev–Trinajstić information content (AvgIpc) is 3.32. The molecule has 146 valence electrons. The van der Waals surface area contributed by atoms with E-state index in [1.54, 1.807) is 0 Å². The second kappa shape index (κ2) is 6.55. The Balaban J connectivity index is 1.51. The molecule has 1 aliphatic heterocycles. The molecule has 2 heterocycles. The summed E-state index contributed by atoms with van der Waals surface area (Å²) in [7, 11) is -3.15. The number of aromatic nitrogens is 1. The molecule has 2 fully saturated rings. The van der Waals surface area contributed by atoms with Gasteiger partial charge in [-0.3, -0.25) is 4.31 Å². The summed E-state index contributed by atoms with van der Waals surface area (Å²) in [6.45, 7) is 3.57. The van der Waals surface area contributed by atoms with E-state index >= 15 is 0 Å². The number of fused-ring (bicyclic) bond motifs is 1. The van der Waals surface area contributed by atoms with Crippen molar-refractivity contribution >= 4 is 26.6 Å². The number of nitrogens with zero attached hydrogens (tertiary/aromatic N) is 2. The molecule has 0 radical (unpaired) electrons. The zero-order chi connectivity index (χ0) is 19.3. The van der Waals surface area contributed by atoms with Crippen molar-refractivity contribution in [2.24, 2.45) is 0 Å². The quantitative estimate of drug-likeness (QED) is 0.642. The van der Waals surface area contributed by atoms with E-state index < -0.39 is 10.0 Å². The number of ether oxygens (including phenoxy) is 1. The SMILES string of the molecule is CCn1c(-c2ccc(N3CCCS3(=O)=O)cc2)cc2ccc(OC3CC3)cc21. The molecule has 1 aliphatic carbocycles. The minimum atomic E-state index is -3.15. The summed E-state index contributed by atoms with van der Waals surface area (Å²) < 4.78 is 34.1. The third-order valence-electron chi connectivity index (χ3n) is 5.57. The summed E-state index contributed by atoms with van der Waals surface area (Å²) in [5.74, 6) is 1.17. The summed E-state index contributed by atoms with van der Waals surface area (Å²) in [6.07, 6.45) is 3.38. The van der Waals surface area contributed by atoms with Crippen molar-refractivity contribution in [2.75, 3.05) is 16.6 Å². The lowest BCUT2D eigenvalue weighted by Gasteiger charge is -2.17. The second-order valence-electron chi connectivity index (χ2n) is 7.60. The standard InChI is InChI=1S/C22H24N2O3S/c1-2-23-21(14-17-6-9-20(15-22(17)23)27-19-10-11-19)16-4-7-18(8-5-16)24-12-3-13-28(24,25)26/h4-9,14-15,19H,2-3,10-13H2,1H3. The fourth-order valence-electron chi connectivity index (χ4n) is 3.99. The lowest BCUT2D eigenvalue weighted by molar-refractivity contribution is 0.303. The van der Waals surface area contributed by atoms with E-state index in [4.69, 9.17) is 4.74 Å². The third kappa shape index (κ3) is 3.05. The van der Waals surface area contributed by atoms with Crippen LogP contribution in [-0.2, 0) is 16.6 Å². The highest BCUT2D eigenvalue weighted by Gasteiger charge is 2.28. The first-order valence-electron chi connectivity index (χ1n) is 9.96. The smallest absolute Gasteiger partial charge is 0.235 e. The van der Waals surface area contributed by atoms with Crippen molar-refractivity contribution in [3.05, 3.63) is 48.5 Å². The monoisotopic (exact) mass is 396 g/mol. The van der Waals surface area contributed by atoms with Crippen LogP contribution in [0.5, 0.6) is 5.75 Å². The van der Waals surface area contributed by atoms with E-state index in [9.17, 15) is 8.42 Å². The average molecular weight is 397 g/mol. The fraction of sp³-hybridized carbons (Fsp3) is 0.364. The molecule has 5 nitrogen and oxygen atoms in total. The van der Waals surface area contributed by atoms with Crippen molar-refractivity contribution in [1.29, 1.82) is 0 Å². The first-order chi connectivity index (χ1) is 13.5. The van der Waals surface area contributed by atoms with Gasteiger partial charge in [0.05, 0.1) is 23.1 Å². The molecule has 0 atom stereocenters. The van der Waals surface area contributed by atoms with E-state index in [-0.39, 0.29) is 5.75 Å². The van der Waals surface area contributed by atoms with Crippen LogP contribution in [0.15, 0.2) is 48.5 Å². The number of aryl methyl sites for hydroxylation is 1. The molecule has 0 spiro atoms. The topological polar surface area (TPSA) is 51.5 Å². The van der Waals surface area contributed by atoms with Gasteiger partial charge in [0, 0.05) is 30.2 Å². The summed E-state index contributed by atoms with van der Waals surface area (Å²) in [5.41, 5.74) is 4.14. The number of anilines is 1. The molecule has 0 N–H and O–H groups in total. The van der Waals surface area contributed by atoms with Gasteiger partial charge in [-0.1, -0.05) is 12.1 Å². The number of hydrogen-bond donors (Lipinski definition) is 0. The largest absolute Gasteiger partial charge is 0.490 e. The molecule has 5 rings (SSSR count). The van der Waals surface area contributed by atoms with Gasteiger partial charge in [-0.25, -0.2) is 8.42 Å². The van der Waals surface area contributed by atoms with Gasteiger partial charge in [0.1, 0.15) is 5.75 Å². The molecular weight excluding hydrogens is 372 g/mol. The van der Waals surface area contributed by atoms with Crippen LogP contribution < -0.4 is 9.04 Å². The first-order valence-corrected chi connectivity index (χ1v) is 11.6. The molecule has 6 heteroatoms. The van der Waals surface area contributed by atoms with Crippen LogP contribution >= 0.6 is 0 Å². The van der Waals surface area contributed by atoms with Gasteiger partial charge in [0.25, 0.3) is 0 Å². The molecular formula is C22H24N2O3S. The highest BCUT2D eigenvalue weighted by Crippen LogP contribution is 2.34. The summed E-state index contributed by atoms with van der Waals surface area (Å²) in [4.78, 5) is 0. The maximum Gasteiger partial charge on any atom is 0.235 e. The van der Waals surface area contributed by atoms with Gasteiger partial charge in [-0.2, -0.15) is 0 Å². The minimum absolute atomic E-state index is 0.240. The van der Waals surface area contributed by atoms with Gasteiger partial charge in [0.2, 0.25) is 10.0 Å². The first kappa shape index (κ1) is 17.6. The van der Waals surface area contributed by atoms with Gasteiger partial charge in [-0.05, 0) is 62.1 Å². The predicted octanol–water partition coefficient (Wildman–Crippen LogP) is 4.41. The van der Waals surface area contributed by atoms with E-state index in [0.29, 0.717) is 19.1 Å². The van der Waals surface area contributed by atoms with Crippen molar-refractivity contribution < 1.29 is 13.2 Å². The maximum atomic E-state index is 12.2. The Morgan fingerprint density at radius 1 is 1.07 bits per heavy atom.